The van der Waals surface area contributed by atoms with Gasteiger partial charge < -0.3 is 25.6 Å². The summed E-state index contributed by atoms with van der Waals surface area (Å²) in [4.78, 5) is 47.8. The summed E-state index contributed by atoms with van der Waals surface area (Å²) in [5.74, 6) is -2.32. The van der Waals surface area contributed by atoms with Gasteiger partial charge in [0.15, 0.2) is 0 Å². The van der Waals surface area contributed by atoms with Crippen molar-refractivity contribution in [3.63, 3.8) is 0 Å². The van der Waals surface area contributed by atoms with Gasteiger partial charge in [0.25, 0.3) is 0 Å². The van der Waals surface area contributed by atoms with E-state index in [1.807, 2.05) is 0 Å². The van der Waals surface area contributed by atoms with Crippen molar-refractivity contribution in [3.05, 3.63) is 72.9 Å². The average Bonchev–Trinajstić information content (AvgIpc) is 3.28. The first-order valence-corrected chi connectivity index (χ1v) is 25.8. The number of nitrogens with one attached hydrogen (secondary N) is 2. The molecule has 0 saturated heterocycles. The van der Waals surface area contributed by atoms with Gasteiger partial charge in [0.2, 0.25) is 11.8 Å². The Hall–Kier alpha value is -3.72. The van der Waals surface area contributed by atoms with Crippen LogP contribution in [0.5, 0.6) is 0 Å². The molecule has 9 heteroatoms. The molecule has 0 aromatic heterocycles. The summed E-state index contributed by atoms with van der Waals surface area (Å²) < 4.78 is 6.06. The molecule has 0 aliphatic heterocycles. The molecule has 0 saturated carbocycles. The molecule has 366 valence electrons. The number of carboxylic acids is 1. The lowest BCUT2D eigenvalue weighted by molar-refractivity contribution is -0.150. The number of rotatable bonds is 46. The number of carboxylic acid groups (broad SMARTS) is 1. The van der Waals surface area contributed by atoms with Crippen LogP contribution in [0.2, 0.25) is 0 Å². The van der Waals surface area contributed by atoms with E-state index in [2.05, 4.69) is 97.4 Å². The molecule has 2 amide bonds. The predicted octanol–water partition coefficient (Wildman–Crippen LogP) is 13.8. The molecular formula is C55H94N2O7. The standard InChI is InChI=1S/C55H94N2O7/c1-3-5-7-9-11-13-15-17-19-20-21-22-23-24-26-28-30-32-34-39-43-47-54(61)64-50(44-40-36-33-31-29-27-25-18-16-14-12-10-8-6-4-2)45-41-37-35-38-42-46-52(59)56-48-53(60)57-51(49-58)55(62)63/h5,7,11,13,17,19,21-22,24,26-27,29,50-51,58H,3-4,6,8-10,12,14-16,18,20,23,25,28,30-49H2,1-2H3,(H,56,59)(H,57,60)(H,62,63)/b7-5-,13-11-,19-17-,22-21-,26-24-,29-27-. The van der Waals surface area contributed by atoms with Crippen molar-refractivity contribution < 1.29 is 34.1 Å². The molecule has 0 spiro atoms. The number of ether oxygens (including phenoxy) is 1. The number of carbonyl (C=O) groups is 4. The zero-order valence-corrected chi connectivity index (χ0v) is 40.8. The average molecular weight is 895 g/mol. The number of amides is 2. The van der Waals surface area contributed by atoms with Gasteiger partial charge >= 0.3 is 11.9 Å². The van der Waals surface area contributed by atoms with Crippen molar-refractivity contribution in [2.45, 2.75) is 238 Å². The zero-order valence-electron chi connectivity index (χ0n) is 40.8. The Morgan fingerprint density at radius 2 is 0.891 bits per heavy atom. The minimum Gasteiger partial charge on any atom is -0.480 e. The summed E-state index contributed by atoms with van der Waals surface area (Å²) in [5.41, 5.74) is 0. The third-order valence-electron chi connectivity index (χ3n) is 11.2. The summed E-state index contributed by atoms with van der Waals surface area (Å²) in [5, 5.41) is 22.6. The van der Waals surface area contributed by atoms with Crippen LogP contribution in [-0.2, 0) is 23.9 Å². The van der Waals surface area contributed by atoms with E-state index in [0.29, 0.717) is 12.8 Å². The molecule has 0 rings (SSSR count). The van der Waals surface area contributed by atoms with Crippen LogP contribution < -0.4 is 10.6 Å². The van der Waals surface area contributed by atoms with Crippen LogP contribution in [0.25, 0.3) is 0 Å². The van der Waals surface area contributed by atoms with Gasteiger partial charge in [0, 0.05) is 12.8 Å². The molecule has 64 heavy (non-hydrogen) atoms. The van der Waals surface area contributed by atoms with Crippen molar-refractivity contribution in [1.82, 2.24) is 10.6 Å². The number of aliphatic hydroxyl groups excluding tert-OH is 1. The summed E-state index contributed by atoms with van der Waals surface area (Å²) in [6, 6.07) is -1.39. The van der Waals surface area contributed by atoms with E-state index in [9.17, 15) is 19.2 Å². The first kappa shape index (κ1) is 60.3. The number of carbonyl (C=O) groups excluding carboxylic acids is 3. The minimum atomic E-state index is -1.39. The molecule has 0 bridgehead atoms. The van der Waals surface area contributed by atoms with E-state index in [0.717, 1.165) is 116 Å². The molecule has 0 aliphatic carbocycles. The second kappa shape index (κ2) is 48.7. The molecule has 2 atom stereocenters. The van der Waals surface area contributed by atoms with Crippen LogP contribution in [0, 0.1) is 0 Å². The maximum Gasteiger partial charge on any atom is 0.328 e. The van der Waals surface area contributed by atoms with Gasteiger partial charge in [0.1, 0.15) is 12.1 Å². The number of esters is 1. The first-order valence-electron chi connectivity index (χ1n) is 25.8. The van der Waals surface area contributed by atoms with Crippen LogP contribution in [0.15, 0.2) is 72.9 Å². The molecule has 2 unspecified atom stereocenters. The quantitative estimate of drug-likeness (QED) is 0.0271. The van der Waals surface area contributed by atoms with Gasteiger partial charge in [-0.1, -0.05) is 177 Å². The molecular weight excluding hydrogens is 801 g/mol. The number of aliphatic hydroxyl groups is 1. The van der Waals surface area contributed by atoms with Gasteiger partial charge in [-0.3, -0.25) is 14.4 Å². The Morgan fingerprint density at radius 1 is 0.484 bits per heavy atom. The Kier molecular flexibility index (Phi) is 45.9. The van der Waals surface area contributed by atoms with Crippen molar-refractivity contribution in [2.75, 3.05) is 13.2 Å². The number of hydrogen-bond donors (Lipinski definition) is 4. The van der Waals surface area contributed by atoms with Crippen LogP contribution in [0.4, 0.5) is 0 Å². The Labute approximate surface area is 391 Å². The molecule has 0 aliphatic rings. The van der Waals surface area contributed by atoms with E-state index in [4.69, 9.17) is 14.9 Å². The summed E-state index contributed by atoms with van der Waals surface area (Å²) in [7, 11) is 0. The van der Waals surface area contributed by atoms with Crippen LogP contribution in [-0.4, -0.2) is 59.3 Å². The summed E-state index contributed by atoms with van der Waals surface area (Å²) in [6.07, 6.45) is 62.2. The van der Waals surface area contributed by atoms with Crippen LogP contribution in [0.1, 0.15) is 226 Å². The third kappa shape index (κ3) is 44.9. The molecule has 0 radical (unpaired) electrons. The van der Waals surface area contributed by atoms with Crippen LogP contribution >= 0.6 is 0 Å². The van der Waals surface area contributed by atoms with E-state index in [-0.39, 0.29) is 30.9 Å². The highest BCUT2D eigenvalue weighted by molar-refractivity contribution is 5.87. The van der Waals surface area contributed by atoms with E-state index in [1.165, 1.54) is 77.0 Å². The van der Waals surface area contributed by atoms with E-state index >= 15 is 0 Å². The Balaban J connectivity index is 4.38. The Bertz CT molecular complexity index is 1300. The van der Waals surface area contributed by atoms with Gasteiger partial charge in [-0.15, -0.1) is 0 Å². The lowest BCUT2D eigenvalue weighted by atomic mass is 10.0. The minimum absolute atomic E-state index is 0.0445. The monoisotopic (exact) mass is 895 g/mol. The number of allylic oxidation sites excluding steroid dienone is 12. The Morgan fingerprint density at radius 3 is 1.38 bits per heavy atom. The lowest BCUT2D eigenvalue weighted by Crippen LogP contribution is -2.47. The molecule has 0 fully saturated rings. The van der Waals surface area contributed by atoms with Gasteiger partial charge in [-0.05, 0) is 109 Å². The zero-order chi connectivity index (χ0) is 46.8. The van der Waals surface area contributed by atoms with Crippen molar-refractivity contribution in [3.8, 4) is 0 Å². The fraction of sp³-hybridized carbons (Fsp3) is 0.709. The van der Waals surface area contributed by atoms with Gasteiger partial charge in [-0.25, -0.2) is 4.79 Å². The maximum atomic E-state index is 12.9. The molecule has 0 aromatic rings. The first-order chi connectivity index (χ1) is 31.3. The highest BCUT2D eigenvalue weighted by Crippen LogP contribution is 2.18. The SMILES string of the molecule is CC/C=C\C/C=C\C/C=C\C/C=C\C/C=C\CCCCCCCC(=O)OC(CCCCC/C=C\CCCCCCCCCC)CCCCCCCC(=O)NCC(=O)NC(CO)C(=O)O. The molecule has 4 N–H and O–H groups in total. The van der Waals surface area contributed by atoms with Gasteiger partial charge in [-0.2, -0.15) is 0 Å². The smallest absolute Gasteiger partial charge is 0.328 e. The number of hydrogen-bond acceptors (Lipinski definition) is 6. The van der Waals surface area contributed by atoms with E-state index < -0.39 is 24.5 Å². The third-order valence-corrected chi connectivity index (χ3v) is 11.2. The fourth-order valence-corrected chi connectivity index (χ4v) is 7.27. The predicted molar refractivity (Wildman–Crippen MR) is 268 cm³/mol. The lowest BCUT2D eigenvalue weighted by Gasteiger charge is -2.18. The van der Waals surface area contributed by atoms with Crippen molar-refractivity contribution in [2.24, 2.45) is 0 Å². The van der Waals surface area contributed by atoms with E-state index in [1.54, 1.807) is 0 Å². The normalized spacial score (nSPS) is 13.0. The maximum absolute atomic E-state index is 12.9. The van der Waals surface area contributed by atoms with Gasteiger partial charge in [0.05, 0.1) is 13.2 Å². The number of aliphatic carboxylic acids is 1. The van der Waals surface area contributed by atoms with Crippen LogP contribution in [0.3, 0.4) is 0 Å². The largest absolute Gasteiger partial charge is 0.480 e. The summed E-state index contributed by atoms with van der Waals surface area (Å²) >= 11 is 0. The van der Waals surface area contributed by atoms with Crippen molar-refractivity contribution >= 4 is 23.8 Å². The topological polar surface area (TPSA) is 142 Å². The van der Waals surface area contributed by atoms with Crippen molar-refractivity contribution in [1.29, 1.82) is 0 Å². The second-order valence-corrected chi connectivity index (χ2v) is 17.2. The molecule has 0 aromatic carbocycles. The highest BCUT2D eigenvalue weighted by atomic mass is 16.5. The fourth-order valence-electron chi connectivity index (χ4n) is 7.27. The summed E-state index contributed by atoms with van der Waals surface area (Å²) in [6.45, 7) is 3.38. The highest BCUT2D eigenvalue weighted by Gasteiger charge is 2.19. The molecule has 0 heterocycles. The molecule has 9 nitrogen and oxygen atoms in total. The second-order valence-electron chi connectivity index (χ2n) is 17.2. The number of unbranched alkanes of at least 4 members (excludes halogenated alkanes) is 20.